The van der Waals surface area contributed by atoms with Crippen LogP contribution in [0.4, 0.5) is 26.3 Å². The minimum atomic E-state index is -4.72. The molecule has 0 aliphatic heterocycles. The molecule has 9 heteroatoms. The molecule has 2 aromatic heterocycles. The summed E-state index contributed by atoms with van der Waals surface area (Å²) in [6.07, 6.45) is -6.39. The molecular formula is C25H20F6N2S. The van der Waals surface area contributed by atoms with E-state index in [0.29, 0.717) is 52.1 Å². The first-order valence-electron chi connectivity index (χ1n) is 10.5. The molecule has 0 bridgehead atoms. The van der Waals surface area contributed by atoms with Crippen LogP contribution in [0.15, 0.2) is 48.4 Å². The van der Waals surface area contributed by atoms with E-state index in [9.17, 15) is 26.3 Å². The summed E-state index contributed by atoms with van der Waals surface area (Å²) in [6.45, 7) is 5.19. The lowest BCUT2D eigenvalue weighted by molar-refractivity contribution is -0.141. The number of thiophene rings is 1. The molecule has 0 N–H and O–H groups in total. The summed E-state index contributed by atoms with van der Waals surface area (Å²) in [5, 5.41) is 1.74. The molecule has 0 spiro atoms. The van der Waals surface area contributed by atoms with E-state index in [1.165, 1.54) is 23.5 Å². The Kier molecular flexibility index (Phi) is 6.42. The zero-order valence-electron chi connectivity index (χ0n) is 18.1. The van der Waals surface area contributed by atoms with Gasteiger partial charge in [-0.25, -0.2) is 9.97 Å². The number of nitrogens with zero attached hydrogens (tertiary/aromatic N) is 2. The Morgan fingerprint density at radius 1 is 1.03 bits per heavy atom. The van der Waals surface area contributed by atoms with Gasteiger partial charge < -0.3 is 0 Å². The summed E-state index contributed by atoms with van der Waals surface area (Å²) in [7, 11) is 0. The van der Waals surface area contributed by atoms with Crippen molar-refractivity contribution >= 4 is 22.5 Å². The van der Waals surface area contributed by atoms with Crippen LogP contribution in [0.25, 0.3) is 21.8 Å². The smallest absolute Gasteiger partial charge is 0.232 e. The molecule has 1 aromatic carbocycles. The fraction of sp³-hybridized carbons (Fsp3) is 0.280. The van der Waals surface area contributed by atoms with Crippen molar-refractivity contribution in [3.8, 4) is 10.7 Å². The molecule has 0 unspecified atom stereocenters. The maximum absolute atomic E-state index is 14.2. The van der Waals surface area contributed by atoms with E-state index in [2.05, 4.69) is 16.5 Å². The number of fused-ring (bicyclic) bond motifs is 1. The highest BCUT2D eigenvalue weighted by molar-refractivity contribution is 7.13. The molecule has 0 radical (unpaired) electrons. The monoisotopic (exact) mass is 494 g/mol. The van der Waals surface area contributed by atoms with E-state index in [4.69, 9.17) is 0 Å². The van der Waals surface area contributed by atoms with Gasteiger partial charge in [0.05, 0.1) is 16.1 Å². The number of alkyl halides is 6. The van der Waals surface area contributed by atoms with Crippen LogP contribution in [0.2, 0.25) is 0 Å². The van der Waals surface area contributed by atoms with Gasteiger partial charge >= 0.3 is 12.4 Å². The van der Waals surface area contributed by atoms with Gasteiger partial charge in [-0.1, -0.05) is 18.2 Å². The molecule has 0 saturated carbocycles. The number of hydrogen-bond donors (Lipinski definition) is 0. The number of aromatic nitrogens is 2. The van der Waals surface area contributed by atoms with Crippen molar-refractivity contribution in [2.45, 2.75) is 45.0 Å². The quantitative estimate of drug-likeness (QED) is 0.270. The van der Waals surface area contributed by atoms with Crippen LogP contribution in [0, 0.1) is 0 Å². The third-order valence-electron chi connectivity index (χ3n) is 5.78. The van der Waals surface area contributed by atoms with Gasteiger partial charge in [0.25, 0.3) is 0 Å². The Balaban J connectivity index is 1.95. The SMILES string of the molecule is C=CCc1cc(C(F)(F)F)ccc1C1=C(C)c2c(nc(-c3cccs3)nc2C(F)(F)F)CCC1. The summed E-state index contributed by atoms with van der Waals surface area (Å²) in [5.41, 5.74) is 0.168. The Labute approximate surface area is 196 Å². The summed E-state index contributed by atoms with van der Waals surface area (Å²) >= 11 is 1.25. The van der Waals surface area contributed by atoms with Crippen molar-refractivity contribution in [1.29, 1.82) is 0 Å². The molecule has 1 aliphatic rings. The third-order valence-corrected chi connectivity index (χ3v) is 6.65. The maximum Gasteiger partial charge on any atom is 0.434 e. The van der Waals surface area contributed by atoms with Crippen LogP contribution in [0.1, 0.15) is 53.4 Å². The van der Waals surface area contributed by atoms with Crippen LogP contribution >= 0.6 is 11.3 Å². The second-order valence-corrected chi connectivity index (χ2v) is 8.96. The van der Waals surface area contributed by atoms with Gasteiger partial charge in [-0.3, -0.25) is 0 Å². The molecular weight excluding hydrogens is 474 g/mol. The largest absolute Gasteiger partial charge is 0.434 e. The van der Waals surface area contributed by atoms with E-state index >= 15 is 0 Å². The fourth-order valence-electron chi connectivity index (χ4n) is 4.30. The van der Waals surface area contributed by atoms with Gasteiger partial charge in [0.2, 0.25) is 0 Å². The first-order valence-corrected chi connectivity index (χ1v) is 11.4. The zero-order chi connectivity index (χ0) is 24.7. The Bertz CT molecular complexity index is 1250. The molecule has 34 heavy (non-hydrogen) atoms. The molecule has 4 rings (SSSR count). The standard InChI is InChI=1S/C25H20F6N2S/c1-3-6-15-13-16(24(26,27)28)10-11-18(15)17-7-4-8-19-21(14(17)2)22(25(29,30)31)33-23(32-19)20-9-5-12-34-20/h3,5,9-13H,1,4,6-8H2,2H3. The van der Waals surface area contributed by atoms with Crippen molar-refractivity contribution in [2.24, 2.45) is 0 Å². The summed E-state index contributed by atoms with van der Waals surface area (Å²) in [6, 6.07) is 6.75. The topological polar surface area (TPSA) is 25.8 Å². The molecule has 3 aromatic rings. The van der Waals surface area contributed by atoms with Crippen molar-refractivity contribution < 1.29 is 26.3 Å². The lowest BCUT2D eigenvalue weighted by atomic mass is 9.88. The molecule has 0 amide bonds. The molecule has 178 valence electrons. The van der Waals surface area contributed by atoms with Gasteiger partial charge in [-0.2, -0.15) is 26.3 Å². The van der Waals surface area contributed by atoms with E-state index < -0.39 is 23.6 Å². The fourth-order valence-corrected chi connectivity index (χ4v) is 4.96. The number of hydrogen-bond acceptors (Lipinski definition) is 3. The Morgan fingerprint density at radius 3 is 2.41 bits per heavy atom. The summed E-state index contributed by atoms with van der Waals surface area (Å²) in [5.74, 6) is 0.0270. The minimum Gasteiger partial charge on any atom is -0.232 e. The average Bonchev–Trinajstić information content (AvgIpc) is 3.24. The normalized spacial score (nSPS) is 14.7. The van der Waals surface area contributed by atoms with Crippen molar-refractivity contribution in [1.82, 2.24) is 9.97 Å². The van der Waals surface area contributed by atoms with E-state index in [1.807, 2.05) is 0 Å². The van der Waals surface area contributed by atoms with Crippen LogP contribution < -0.4 is 0 Å². The van der Waals surface area contributed by atoms with Crippen LogP contribution in [0.5, 0.6) is 0 Å². The molecule has 2 heterocycles. The number of allylic oxidation sites excluding steroid dienone is 3. The molecule has 0 fully saturated rings. The van der Waals surface area contributed by atoms with Crippen molar-refractivity contribution in [3.63, 3.8) is 0 Å². The van der Waals surface area contributed by atoms with Crippen LogP contribution in [-0.4, -0.2) is 9.97 Å². The minimum absolute atomic E-state index is 0.0270. The van der Waals surface area contributed by atoms with Gasteiger partial charge in [0.15, 0.2) is 11.5 Å². The van der Waals surface area contributed by atoms with Crippen LogP contribution in [0.3, 0.4) is 0 Å². The predicted octanol–water partition coefficient (Wildman–Crippen LogP) is 8.24. The molecule has 0 atom stereocenters. The number of rotatable bonds is 4. The van der Waals surface area contributed by atoms with Gasteiger partial charge in [-0.15, -0.1) is 17.9 Å². The molecule has 1 aliphatic carbocycles. The number of benzene rings is 1. The number of halogens is 6. The van der Waals surface area contributed by atoms with E-state index in [-0.39, 0.29) is 17.8 Å². The van der Waals surface area contributed by atoms with E-state index in [1.54, 1.807) is 24.4 Å². The van der Waals surface area contributed by atoms with E-state index in [0.717, 1.165) is 12.1 Å². The third kappa shape index (κ3) is 4.66. The van der Waals surface area contributed by atoms with Crippen molar-refractivity contribution in [2.75, 3.05) is 0 Å². The highest BCUT2D eigenvalue weighted by Crippen LogP contribution is 2.43. The second-order valence-electron chi connectivity index (χ2n) is 8.01. The Morgan fingerprint density at radius 2 is 1.79 bits per heavy atom. The number of aryl methyl sites for hydroxylation is 1. The molecule has 2 nitrogen and oxygen atoms in total. The summed E-state index contributed by atoms with van der Waals surface area (Å²) < 4.78 is 82.4. The Hall–Kier alpha value is -2.94. The maximum atomic E-state index is 14.2. The molecule has 0 saturated heterocycles. The predicted molar refractivity (Wildman–Crippen MR) is 121 cm³/mol. The van der Waals surface area contributed by atoms with Gasteiger partial charge in [0, 0.05) is 5.56 Å². The highest BCUT2D eigenvalue weighted by Gasteiger charge is 2.39. The second kappa shape index (κ2) is 9.02. The summed E-state index contributed by atoms with van der Waals surface area (Å²) in [4.78, 5) is 8.91. The zero-order valence-corrected chi connectivity index (χ0v) is 19.0. The van der Waals surface area contributed by atoms with Gasteiger partial charge in [-0.05, 0) is 78.5 Å². The van der Waals surface area contributed by atoms with Crippen LogP contribution in [-0.2, 0) is 25.2 Å². The first kappa shape index (κ1) is 24.2. The van der Waals surface area contributed by atoms with Crippen molar-refractivity contribution in [3.05, 3.63) is 82.0 Å². The van der Waals surface area contributed by atoms with Gasteiger partial charge in [0.1, 0.15) is 0 Å². The first-order chi connectivity index (χ1) is 16.0. The lowest BCUT2D eigenvalue weighted by Gasteiger charge is -2.19. The highest BCUT2D eigenvalue weighted by atomic mass is 32.1. The average molecular weight is 495 g/mol. The lowest BCUT2D eigenvalue weighted by Crippen LogP contribution is -2.16.